The fourth-order valence-electron chi connectivity index (χ4n) is 1.46. The lowest BCUT2D eigenvalue weighted by molar-refractivity contribution is 0.581. The minimum Gasteiger partial charge on any atom is -0.207 e. The van der Waals surface area contributed by atoms with Gasteiger partial charge in [0.05, 0.1) is 4.47 Å². The molecular weight excluding hydrogens is 473 g/mol. The quantitative estimate of drug-likeness (QED) is 0.666. The molecule has 108 valence electrons. The van der Waals surface area contributed by atoms with Crippen LogP contribution < -0.4 is 4.72 Å². The van der Waals surface area contributed by atoms with Gasteiger partial charge in [0.1, 0.15) is 13.6 Å². The molecule has 0 saturated carbocycles. The Hall–Kier alpha value is 0.370. The summed E-state index contributed by atoms with van der Waals surface area (Å²) in [5.41, 5.74) is 0.824. The van der Waals surface area contributed by atoms with E-state index >= 15 is 0 Å². The van der Waals surface area contributed by atoms with Crippen LogP contribution in [0.2, 0.25) is 8.67 Å². The molecule has 0 saturated heterocycles. The zero-order valence-electron chi connectivity index (χ0n) is 9.66. The molecule has 1 heterocycles. The predicted octanol–water partition coefficient (Wildman–Crippen LogP) is 5.06. The smallest absolute Gasteiger partial charge is 0.207 e. The number of benzene rings is 1. The molecule has 0 aliphatic rings. The summed E-state index contributed by atoms with van der Waals surface area (Å²) < 4.78 is 28.6. The average molecular weight is 480 g/mol. The highest BCUT2D eigenvalue weighted by atomic mass is 79.9. The minimum atomic E-state index is -3.74. The minimum absolute atomic E-state index is 0.0266. The Balaban J connectivity index is 2.27. The third-order valence-corrected chi connectivity index (χ3v) is 8.05. The van der Waals surface area contributed by atoms with E-state index in [9.17, 15) is 8.42 Å². The van der Waals surface area contributed by atoms with E-state index in [1.54, 1.807) is 0 Å². The van der Waals surface area contributed by atoms with E-state index in [0.29, 0.717) is 4.34 Å². The van der Waals surface area contributed by atoms with Crippen LogP contribution in [0, 0.1) is 0 Å². The van der Waals surface area contributed by atoms with Crippen molar-refractivity contribution in [3.8, 4) is 0 Å². The number of halogens is 4. The first kappa shape index (κ1) is 16.7. The lowest BCUT2D eigenvalue weighted by Gasteiger charge is -2.08. The van der Waals surface area contributed by atoms with E-state index < -0.39 is 10.0 Å². The van der Waals surface area contributed by atoms with Crippen molar-refractivity contribution >= 4 is 76.4 Å². The van der Waals surface area contributed by atoms with Crippen molar-refractivity contribution < 1.29 is 8.42 Å². The van der Waals surface area contributed by atoms with Crippen molar-refractivity contribution in [1.29, 1.82) is 0 Å². The third-order valence-electron chi connectivity index (χ3n) is 2.41. The van der Waals surface area contributed by atoms with Gasteiger partial charge < -0.3 is 0 Å². The van der Waals surface area contributed by atoms with Crippen LogP contribution in [0.3, 0.4) is 0 Å². The molecule has 1 N–H and O–H groups in total. The summed E-state index contributed by atoms with van der Waals surface area (Å²) in [6.45, 7) is 0.153. The first-order valence-electron chi connectivity index (χ1n) is 5.19. The van der Waals surface area contributed by atoms with Crippen LogP contribution in [0.15, 0.2) is 38.1 Å². The number of rotatable bonds is 4. The molecule has 0 bridgehead atoms. The van der Waals surface area contributed by atoms with Gasteiger partial charge in [0, 0.05) is 11.0 Å². The van der Waals surface area contributed by atoms with Gasteiger partial charge in [-0.3, -0.25) is 0 Å². The van der Waals surface area contributed by atoms with Gasteiger partial charge in [-0.2, -0.15) is 0 Å². The molecular formula is C11H7Br2Cl2NO2S2. The van der Waals surface area contributed by atoms with E-state index in [1.165, 1.54) is 0 Å². The van der Waals surface area contributed by atoms with Gasteiger partial charge in [-0.15, -0.1) is 11.3 Å². The highest BCUT2D eigenvalue weighted by molar-refractivity contribution is 9.11. The molecule has 9 heteroatoms. The van der Waals surface area contributed by atoms with Crippen molar-refractivity contribution in [1.82, 2.24) is 4.72 Å². The SMILES string of the molecule is O=S(=O)(NCc1ccccc1Br)c1c(Cl)sc(Cl)c1Br. The van der Waals surface area contributed by atoms with Gasteiger partial charge >= 0.3 is 0 Å². The van der Waals surface area contributed by atoms with E-state index in [-0.39, 0.29) is 20.2 Å². The van der Waals surface area contributed by atoms with Crippen LogP contribution >= 0.6 is 66.4 Å². The van der Waals surface area contributed by atoms with Crippen LogP contribution in [0.25, 0.3) is 0 Å². The first-order valence-corrected chi connectivity index (χ1v) is 9.83. The van der Waals surface area contributed by atoms with Crippen LogP contribution in [-0.4, -0.2) is 8.42 Å². The average Bonchev–Trinajstić information content (AvgIpc) is 2.62. The molecule has 3 nitrogen and oxygen atoms in total. The molecule has 0 amide bonds. The summed E-state index contributed by atoms with van der Waals surface area (Å²) in [4.78, 5) is -0.0266. The molecule has 2 rings (SSSR count). The normalized spacial score (nSPS) is 11.8. The number of nitrogens with one attached hydrogen (secondary N) is 1. The number of hydrogen-bond donors (Lipinski definition) is 1. The monoisotopic (exact) mass is 477 g/mol. The second-order valence-corrected chi connectivity index (χ2v) is 9.28. The van der Waals surface area contributed by atoms with Gasteiger partial charge in [0.25, 0.3) is 0 Å². The summed E-state index contributed by atoms with van der Waals surface area (Å²) in [5.74, 6) is 0. The van der Waals surface area contributed by atoms with Crippen molar-refractivity contribution in [3.63, 3.8) is 0 Å². The molecule has 0 fully saturated rings. The van der Waals surface area contributed by atoms with Crippen molar-refractivity contribution in [2.45, 2.75) is 11.4 Å². The van der Waals surface area contributed by atoms with Gasteiger partial charge in [-0.25, -0.2) is 13.1 Å². The maximum absolute atomic E-state index is 12.3. The van der Waals surface area contributed by atoms with Crippen LogP contribution in [0.1, 0.15) is 5.56 Å². The zero-order chi connectivity index (χ0) is 14.9. The lowest BCUT2D eigenvalue weighted by atomic mass is 10.2. The maximum atomic E-state index is 12.3. The van der Waals surface area contributed by atoms with Crippen molar-refractivity contribution in [2.75, 3.05) is 0 Å². The summed E-state index contributed by atoms with van der Waals surface area (Å²) in [5, 5.41) is 0. The molecule has 0 spiro atoms. The summed E-state index contributed by atoms with van der Waals surface area (Å²) in [7, 11) is -3.74. The second kappa shape index (κ2) is 6.64. The lowest BCUT2D eigenvalue weighted by Crippen LogP contribution is -2.23. The first-order chi connectivity index (χ1) is 9.33. The number of sulfonamides is 1. The molecule has 1 aromatic heterocycles. The summed E-state index contributed by atoms with van der Waals surface area (Å²) >= 11 is 19.3. The topological polar surface area (TPSA) is 46.2 Å². The summed E-state index contributed by atoms with van der Waals surface area (Å²) in [6.07, 6.45) is 0. The van der Waals surface area contributed by atoms with E-state index in [4.69, 9.17) is 23.2 Å². The fourth-order valence-corrected chi connectivity index (χ4v) is 6.44. The molecule has 20 heavy (non-hydrogen) atoms. The maximum Gasteiger partial charge on any atom is 0.244 e. The Labute approximate surface area is 147 Å². The van der Waals surface area contributed by atoms with E-state index in [0.717, 1.165) is 21.4 Å². The standard InChI is InChI=1S/C11H7Br2Cl2NO2S2/c12-7-4-2-1-3-6(7)5-16-20(17,18)9-8(13)10(14)19-11(9)15/h1-4,16H,5H2. The second-order valence-electron chi connectivity index (χ2n) is 3.71. The van der Waals surface area contributed by atoms with Crippen LogP contribution in [-0.2, 0) is 16.6 Å². The van der Waals surface area contributed by atoms with Gasteiger partial charge in [-0.05, 0) is 27.6 Å². The van der Waals surface area contributed by atoms with Crippen molar-refractivity contribution in [2.24, 2.45) is 0 Å². The van der Waals surface area contributed by atoms with Gasteiger partial charge in [0.2, 0.25) is 10.0 Å². The fraction of sp³-hybridized carbons (Fsp3) is 0.0909. The molecule has 2 aromatic rings. The van der Waals surface area contributed by atoms with Crippen molar-refractivity contribution in [3.05, 3.63) is 47.4 Å². The third kappa shape index (κ3) is 3.58. The number of thiophene rings is 1. The molecule has 0 aliphatic carbocycles. The Morgan fingerprint density at radius 3 is 2.35 bits per heavy atom. The predicted molar refractivity (Wildman–Crippen MR) is 90.2 cm³/mol. The van der Waals surface area contributed by atoms with Crippen LogP contribution in [0.5, 0.6) is 0 Å². The Morgan fingerprint density at radius 1 is 1.15 bits per heavy atom. The molecule has 1 aromatic carbocycles. The number of hydrogen-bond acceptors (Lipinski definition) is 3. The summed E-state index contributed by atoms with van der Waals surface area (Å²) in [6, 6.07) is 7.35. The highest BCUT2D eigenvalue weighted by Crippen LogP contribution is 2.42. The molecule has 0 atom stereocenters. The Morgan fingerprint density at radius 2 is 1.80 bits per heavy atom. The highest BCUT2D eigenvalue weighted by Gasteiger charge is 2.26. The van der Waals surface area contributed by atoms with E-state index in [1.807, 2.05) is 24.3 Å². The molecule has 0 radical (unpaired) electrons. The van der Waals surface area contributed by atoms with E-state index in [2.05, 4.69) is 36.6 Å². The Bertz CT molecular complexity index is 747. The largest absolute Gasteiger partial charge is 0.244 e. The molecule has 0 unspecified atom stereocenters. The molecule has 0 aliphatic heterocycles. The van der Waals surface area contributed by atoms with Gasteiger partial charge in [0.15, 0.2) is 0 Å². The van der Waals surface area contributed by atoms with Gasteiger partial charge in [-0.1, -0.05) is 57.3 Å². The van der Waals surface area contributed by atoms with Crippen LogP contribution in [0.4, 0.5) is 0 Å². The Kier molecular flexibility index (Phi) is 5.56. The zero-order valence-corrected chi connectivity index (χ0v) is 16.0.